The molecule has 0 saturated carbocycles. The molecule has 2 aromatic rings. The number of likely N-dealkylation sites (tertiary alicyclic amines) is 1. The van der Waals surface area contributed by atoms with Gasteiger partial charge in [-0.3, -0.25) is 4.79 Å². The fraction of sp³-hybridized carbons (Fsp3) is 0.353. The fourth-order valence-corrected chi connectivity index (χ4v) is 2.83. The molecule has 1 aliphatic rings. The number of nitrogens with zero attached hydrogens (tertiary/aromatic N) is 3. The van der Waals surface area contributed by atoms with Gasteiger partial charge in [0.05, 0.1) is 6.10 Å². The minimum absolute atomic E-state index is 0.163. The first-order valence-electron chi connectivity index (χ1n) is 7.62. The van der Waals surface area contributed by atoms with E-state index in [9.17, 15) is 9.90 Å². The average Bonchev–Trinajstić information content (AvgIpc) is 2.54. The number of halogens is 1. The second kappa shape index (κ2) is 6.64. The molecule has 120 valence electrons. The lowest BCUT2D eigenvalue weighted by Crippen LogP contribution is -2.42. The van der Waals surface area contributed by atoms with Crippen molar-refractivity contribution >= 4 is 17.5 Å². The van der Waals surface area contributed by atoms with Crippen molar-refractivity contribution in [3.8, 4) is 11.4 Å². The second-order valence-corrected chi connectivity index (χ2v) is 6.21. The van der Waals surface area contributed by atoms with E-state index in [0.29, 0.717) is 29.6 Å². The van der Waals surface area contributed by atoms with Crippen LogP contribution in [0.3, 0.4) is 0 Å². The van der Waals surface area contributed by atoms with Crippen LogP contribution in [-0.4, -0.2) is 45.1 Å². The van der Waals surface area contributed by atoms with Crippen LogP contribution in [0.2, 0.25) is 5.02 Å². The molecule has 5 nitrogen and oxygen atoms in total. The van der Waals surface area contributed by atoms with Crippen molar-refractivity contribution in [2.45, 2.75) is 25.9 Å². The zero-order valence-electron chi connectivity index (χ0n) is 12.9. The highest BCUT2D eigenvalue weighted by Gasteiger charge is 2.24. The molecule has 1 saturated heterocycles. The monoisotopic (exact) mass is 331 g/mol. The van der Waals surface area contributed by atoms with E-state index in [-0.39, 0.29) is 5.91 Å². The number of aliphatic hydroxyl groups is 1. The van der Waals surface area contributed by atoms with Crippen molar-refractivity contribution in [3.63, 3.8) is 0 Å². The molecule has 1 N–H and O–H groups in total. The molecule has 6 heteroatoms. The van der Waals surface area contributed by atoms with E-state index in [4.69, 9.17) is 11.6 Å². The Labute approximate surface area is 139 Å². The van der Waals surface area contributed by atoms with E-state index in [1.807, 2.05) is 19.1 Å². The zero-order valence-corrected chi connectivity index (χ0v) is 13.6. The van der Waals surface area contributed by atoms with Crippen LogP contribution < -0.4 is 0 Å². The highest BCUT2D eigenvalue weighted by Crippen LogP contribution is 2.20. The number of carbonyl (C=O) groups is 1. The van der Waals surface area contributed by atoms with Crippen LogP contribution >= 0.6 is 11.6 Å². The van der Waals surface area contributed by atoms with Gasteiger partial charge in [0.15, 0.2) is 5.82 Å². The van der Waals surface area contributed by atoms with E-state index in [1.165, 1.54) is 0 Å². The molecular formula is C17H18ClN3O2. The van der Waals surface area contributed by atoms with Gasteiger partial charge >= 0.3 is 0 Å². The molecule has 1 atom stereocenters. The lowest BCUT2D eigenvalue weighted by atomic mass is 10.1. The Balaban J connectivity index is 1.91. The molecule has 1 fully saturated rings. The van der Waals surface area contributed by atoms with Crippen molar-refractivity contribution in [2.75, 3.05) is 13.1 Å². The topological polar surface area (TPSA) is 66.3 Å². The second-order valence-electron chi connectivity index (χ2n) is 5.77. The van der Waals surface area contributed by atoms with Crippen LogP contribution in [-0.2, 0) is 0 Å². The van der Waals surface area contributed by atoms with E-state index in [0.717, 1.165) is 24.1 Å². The number of benzene rings is 1. The summed E-state index contributed by atoms with van der Waals surface area (Å²) in [5, 5.41) is 10.4. The number of carbonyl (C=O) groups excluding carboxylic acids is 1. The summed E-state index contributed by atoms with van der Waals surface area (Å²) in [7, 11) is 0. The molecule has 1 unspecified atom stereocenters. The van der Waals surface area contributed by atoms with Crippen molar-refractivity contribution in [3.05, 3.63) is 46.7 Å². The van der Waals surface area contributed by atoms with Crippen LogP contribution in [0, 0.1) is 6.92 Å². The Hall–Kier alpha value is -1.98. The normalized spacial score (nSPS) is 18.0. The van der Waals surface area contributed by atoms with Crippen molar-refractivity contribution in [1.29, 1.82) is 0 Å². The highest BCUT2D eigenvalue weighted by molar-refractivity contribution is 6.30. The predicted octanol–water partition coefficient (Wildman–Crippen LogP) is 2.70. The molecule has 1 aromatic heterocycles. The molecule has 0 spiro atoms. The van der Waals surface area contributed by atoms with Crippen molar-refractivity contribution < 1.29 is 9.90 Å². The number of hydrogen-bond donors (Lipinski definition) is 1. The summed E-state index contributed by atoms with van der Waals surface area (Å²) in [6, 6.07) is 8.88. The predicted molar refractivity (Wildman–Crippen MR) is 88.4 cm³/mol. The van der Waals surface area contributed by atoms with Crippen molar-refractivity contribution in [2.24, 2.45) is 0 Å². The number of amides is 1. The van der Waals surface area contributed by atoms with E-state index in [2.05, 4.69) is 9.97 Å². The number of piperidine rings is 1. The van der Waals surface area contributed by atoms with Gasteiger partial charge in [0.25, 0.3) is 5.91 Å². The molecule has 1 aromatic carbocycles. The molecule has 1 aliphatic heterocycles. The van der Waals surface area contributed by atoms with Gasteiger partial charge in [-0.1, -0.05) is 11.6 Å². The molecule has 0 aliphatic carbocycles. The highest BCUT2D eigenvalue weighted by atomic mass is 35.5. The van der Waals surface area contributed by atoms with Gasteiger partial charge in [0, 0.05) is 29.4 Å². The summed E-state index contributed by atoms with van der Waals surface area (Å²) in [5.41, 5.74) is 1.90. The number of aryl methyl sites for hydroxylation is 1. The third-order valence-corrected chi connectivity index (χ3v) is 4.11. The Bertz CT molecular complexity index is 718. The van der Waals surface area contributed by atoms with Gasteiger partial charge in [0.2, 0.25) is 0 Å². The minimum atomic E-state index is -0.452. The molecule has 2 heterocycles. The Kier molecular flexibility index (Phi) is 4.59. The summed E-state index contributed by atoms with van der Waals surface area (Å²) in [6.07, 6.45) is 1.09. The maximum Gasteiger partial charge on any atom is 0.272 e. The summed E-state index contributed by atoms with van der Waals surface area (Å²) >= 11 is 5.90. The Morgan fingerprint density at radius 1 is 1.30 bits per heavy atom. The van der Waals surface area contributed by atoms with Crippen LogP contribution in [0.4, 0.5) is 0 Å². The summed E-state index contributed by atoms with van der Waals surface area (Å²) in [5.74, 6) is 0.340. The lowest BCUT2D eigenvalue weighted by molar-refractivity contribution is 0.0469. The molecule has 1 amide bonds. The van der Waals surface area contributed by atoms with Crippen LogP contribution in [0.5, 0.6) is 0 Å². The Morgan fingerprint density at radius 3 is 2.74 bits per heavy atom. The molecular weight excluding hydrogens is 314 g/mol. The van der Waals surface area contributed by atoms with Gasteiger partial charge < -0.3 is 10.0 Å². The smallest absolute Gasteiger partial charge is 0.272 e. The molecule has 0 bridgehead atoms. The average molecular weight is 332 g/mol. The van der Waals surface area contributed by atoms with E-state index >= 15 is 0 Å². The van der Waals surface area contributed by atoms with Gasteiger partial charge in [-0.2, -0.15) is 0 Å². The first-order chi connectivity index (χ1) is 11.0. The standard InChI is InChI=1S/C17H18ClN3O2/c1-11-9-15(17(23)21-8-2-3-14(22)10-21)20-16(19-11)12-4-6-13(18)7-5-12/h4-7,9,14,22H,2-3,8,10H2,1H3. The first kappa shape index (κ1) is 15.9. The van der Waals surface area contributed by atoms with Crippen LogP contribution in [0.1, 0.15) is 29.0 Å². The minimum Gasteiger partial charge on any atom is -0.391 e. The number of hydrogen-bond acceptors (Lipinski definition) is 4. The maximum absolute atomic E-state index is 12.6. The zero-order chi connectivity index (χ0) is 16.4. The van der Waals surface area contributed by atoms with Gasteiger partial charge in [-0.15, -0.1) is 0 Å². The van der Waals surface area contributed by atoms with Crippen LogP contribution in [0.25, 0.3) is 11.4 Å². The fourth-order valence-electron chi connectivity index (χ4n) is 2.71. The third kappa shape index (κ3) is 3.68. The van der Waals surface area contributed by atoms with Crippen LogP contribution in [0.15, 0.2) is 30.3 Å². The number of β-amino-alcohol motifs (C(OH)–C–C–N with tert-alkyl or cyclic N) is 1. The maximum atomic E-state index is 12.6. The lowest BCUT2D eigenvalue weighted by Gasteiger charge is -2.29. The number of aliphatic hydroxyl groups excluding tert-OH is 1. The summed E-state index contributed by atoms with van der Waals surface area (Å²) in [4.78, 5) is 23.1. The SMILES string of the molecule is Cc1cc(C(=O)N2CCCC(O)C2)nc(-c2ccc(Cl)cc2)n1. The summed E-state index contributed by atoms with van der Waals surface area (Å²) < 4.78 is 0. The quantitative estimate of drug-likeness (QED) is 0.918. The third-order valence-electron chi connectivity index (χ3n) is 3.86. The summed E-state index contributed by atoms with van der Waals surface area (Å²) in [6.45, 7) is 2.84. The number of aromatic nitrogens is 2. The Morgan fingerprint density at radius 2 is 2.04 bits per heavy atom. The van der Waals surface area contributed by atoms with E-state index < -0.39 is 6.10 Å². The largest absolute Gasteiger partial charge is 0.391 e. The van der Waals surface area contributed by atoms with Gasteiger partial charge in [0.1, 0.15) is 5.69 Å². The first-order valence-corrected chi connectivity index (χ1v) is 7.99. The van der Waals surface area contributed by atoms with Gasteiger partial charge in [-0.25, -0.2) is 9.97 Å². The molecule has 23 heavy (non-hydrogen) atoms. The number of rotatable bonds is 2. The molecule has 0 radical (unpaired) electrons. The van der Waals surface area contributed by atoms with Gasteiger partial charge in [-0.05, 0) is 50.1 Å². The molecule has 3 rings (SSSR count). The van der Waals surface area contributed by atoms with E-state index in [1.54, 1.807) is 23.1 Å². The van der Waals surface area contributed by atoms with Crippen molar-refractivity contribution in [1.82, 2.24) is 14.9 Å².